The lowest BCUT2D eigenvalue weighted by Gasteiger charge is -2.17. The number of aromatic carboxylic acids is 1. The largest absolute Gasteiger partial charge is 0.477 e. The van der Waals surface area contributed by atoms with E-state index in [0.717, 1.165) is 11.4 Å². The highest BCUT2D eigenvalue weighted by atomic mass is 32.1. The van der Waals surface area contributed by atoms with Crippen LogP contribution in [-0.2, 0) is 0 Å². The summed E-state index contributed by atoms with van der Waals surface area (Å²) < 4.78 is 0. The molecule has 1 aromatic carbocycles. The Bertz CT molecular complexity index is 628. The van der Waals surface area contributed by atoms with Gasteiger partial charge in [0.15, 0.2) is 0 Å². The first-order chi connectivity index (χ1) is 8.61. The molecule has 0 atom stereocenters. The van der Waals surface area contributed by atoms with Gasteiger partial charge in [0, 0.05) is 18.1 Å². The molecule has 0 spiro atoms. The number of nitrogens with zero attached hydrogens (tertiary/aromatic N) is 2. The quantitative estimate of drug-likeness (QED) is 0.918. The number of hydrogen-bond donors (Lipinski definition) is 1. The van der Waals surface area contributed by atoms with Crippen LogP contribution in [0.5, 0.6) is 0 Å². The van der Waals surface area contributed by atoms with E-state index >= 15 is 0 Å². The first-order valence-electron chi connectivity index (χ1n) is 5.17. The highest BCUT2D eigenvalue weighted by molar-refractivity contribution is 7.12. The zero-order valence-electron chi connectivity index (χ0n) is 9.62. The van der Waals surface area contributed by atoms with Crippen LogP contribution in [0.25, 0.3) is 0 Å². The molecule has 0 saturated heterocycles. The van der Waals surface area contributed by atoms with Crippen molar-refractivity contribution in [1.82, 2.24) is 0 Å². The Balaban J connectivity index is 2.32. The van der Waals surface area contributed by atoms with E-state index in [-0.39, 0.29) is 0 Å². The zero-order chi connectivity index (χ0) is 13.1. The van der Waals surface area contributed by atoms with E-state index in [4.69, 9.17) is 10.4 Å². The normalized spacial score (nSPS) is 9.78. The van der Waals surface area contributed by atoms with Crippen LogP contribution < -0.4 is 4.90 Å². The van der Waals surface area contributed by atoms with Crippen molar-refractivity contribution in [1.29, 1.82) is 5.26 Å². The topological polar surface area (TPSA) is 64.3 Å². The number of carboxylic acids is 1. The smallest absolute Gasteiger partial charge is 0.345 e. The zero-order valence-corrected chi connectivity index (χ0v) is 10.4. The molecule has 2 aromatic rings. The Morgan fingerprint density at radius 1 is 1.39 bits per heavy atom. The summed E-state index contributed by atoms with van der Waals surface area (Å²) in [5.41, 5.74) is 2.23. The Morgan fingerprint density at radius 3 is 2.78 bits per heavy atom. The Hall–Kier alpha value is -2.32. The first-order valence-corrected chi connectivity index (χ1v) is 6.05. The van der Waals surface area contributed by atoms with Gasteiger partial charge in [-0.25, -0.2) is 4.79 Å². The van der Waals surface area contributed by atoms with Gasteiger partial charge in [0.2, 0.25) is 0 Å². The van der Waals surface area contributed by atoms with Crippen LogP contribution in [0.1, 0.15) is 15.2 Å². The van der Waals surface area contributed by atoms with Crippen molar-refractivity contribution in [3.8, 4) is 6.07 Å². The summed E-state index contributed by atoms with van der Waals surface area (Å²) in [6, 6.07) is 10.9. The van der Waals surface area contributed by atoms with Gasteiger partial charge in [-0.15, -0.1) is 11.3 Å². The maximum atomic E-state index is 10.8. The molecule has 0 fully saturated rings. The maximum absolute atomic E-state index is 10.8. The standard InChI is InChI=1S/C13H10N2O2S/c1-15(10-4-2-3-9(5-10)7-14)11-6-12(13(16)17)18-8-11/h2-6,8H,1H3,(H,16,17). The number of carboxylic acid groups (broad SMARTS) is 1. The third-order valence-electron chi connectivity index (χ3n) is 2.55. The van der Waals surface area contributed by atoms with Gasteiger partial charge in [0.1, 0.15) is 4.88 Å². The summed E-state index contributed by atoms with van der Waals surface area (Å²) in [5.74, 6) is -0.926. The minimum atomic E-state index is -0.926. The molecule has 90 valence electrons. The Kier molecular flexibility index (Phi) is 3.31. The number of carbonyl (C=O) groups is 1. The number of rotatable bonds is 3. The SMILES string of the molecule is CN(c1cccc(C#N)c1)c1csc(C(=O)O)c1. The van der Waals surface area contributed by atoms with Crippen molar-refractivity contribution in [3.63, 3.8) is 0 Å². The molecule has 0 aliphatic heterocycles. The third kappa shape index (κ3) is 2.34. The van der Waals surface area contributed by atoms with E-state index in [1.165, 1.54) is 11.3 Å². The molecule has 1 aromatic heterocycles. The van der Waals surface area contributed by atoms with Gasteiger partial charge in [-0.2, -0.15) is 5.26 Å². The molecule has 0 amide bonds. The summed E-state index contributed by atoms with van der Waals surface area (Å²) >= 11 is 1.18. The molecule has 4 nitrogen and oxygen atoms in total. The van der Waals surface area contributed by atoms with E-state index in [1.807, 2.05) is 18.0 Å². The minimum Gasteiger partial charge on any atom is -0.477 e. The fourth-order valence-electron chi connectivity index (χ4n) is 1.55. The summed E-state index contributed by atoms with van der Waals surface area (Å²) in [6.07, 6.45) is 0. The summed E-state index contributed by atoms with van der Waals surface area (Å²) in [6.45, 7) is 0. The predicted molar refractivity (Wildman–Crippen MR) is 70.5 cm³/mol. The fraction of sp³-hybridized carbons (Fsp3) is 0.0769. The second kappa shape index (κ2) is 4.90. The average molecular weight is 258 g/mol. The van der Waals surface area contributed by atoms with Crippen LogP contribution in [0.15, 0.2) is 35.7 Å². The van der Waals surface area contributed by atoms with E-state index in [0.29, 0.717) is 10.4 Å². The summed E-state index contributed by atoms with van der Waals surface area (Å²) in [4.78, 5) is 13.0. The molecule has 0 aliphatic carbocycles. The Morgan fingerprint density at radius 2 is 2.17 bits per heavy atom. The van der Waals surface area contributed by atoms with Crippen LogP contribution in [0, 0.1) is 11.3 Å². The lowest BCUT2D eigenvalue weighted by atomic mass is 10.2. The Labute approximate surface area is 108 Å². The molecule has 1 N–H and O–H groups in total. The molecule has 0 aliphatic rings. The van der Waals surface area contributed by atoms with E-state index in [9.17, 15) is 4.79 Å². The van der Waals surface area contributed by atoms with E-state index in [1.54, 1.807) is 29.6 Å². The fourth-order valence-corrected chi connectivity index (χ4v) is 2.31. The van der Waals surface area contributed by atoms with Crippen LogP contribution in [0.4, 0.5) is 11.4 Å². The minimum absolute atomic E-state index is 0.299. The van der Waals surface area contributed by atoms with Crippen molar-refractivity contribution in [2.75, 3.05) is 11.9 Å². The molecular weight excluding hydrogens is 248 g/mol. The van der Waals surface area contributed by atoms with Crippen LogP contribution in [0.3, 0.4) is 0 Å². The lowest BCUT2D eigenvalue weighted by molar-refractivity contribution is 0.0702. The highest BCUT2D eigenvalue weighted by Gasteiger charge is 2.11. The predicted octanol–water partition coefficient (Wildman–Crippen LogP) is 3.09. The lowest BCUT2D eigenvalue weighted by Crippen LogP contribution is -2.08. The number of nitriles is 1. The maximum Gasteiger partial charge on any atom is 0.345 e. The van der Waals surface area contributed by atoms with Gasteiger partial charge in [0.25, 0.3) is 0 Å². The number of benzene rings is 1. The molecule has 0 radical (unpaired) electrons. The van der Waals surface area contributed by atoms with Crippen molar-refractivity contribution in [2.45, 2.75) is 0 Å². The van der Waals surface area contributed by atoms with Crippen molar-refractivity contribution in [2.24, 2.45) is 0 Å². The van der Waals surface area contributed by atoms with E-state index in [2.05, 4.69) is 6.07 Å². The summed E-state index contributed by atoms with van der Waals surface area (Å²) in [7, 11) is 1.84. The number of hydrogen-bond acceptors (Lipinski definition) is 4. The summed E-state index contributed by atoms with van der Waals surface area (Å²) in [5, 5.41) is 19.5. The molecule has 2 rings (SSSR count). The third-order valence-corrected chi connectivity index (χ3v) is 3.45. The second-order valence-corrected chi connectivity index (χ2v) is 4.61. The molecular formula is C13H10N2O2S. The molecule has 5 heteroatoms. The monoisotopic (exact) mass is 258 g/mol. The van der Waals surface area contributed by atoms with Crippen molar-refractivity contribution in [3.05, 3.63) is 46.2 Å². The van der Waals surface area contributed by atoms with Gasteiger partial charge >= 0.3 is 5.97 Å². The molecule has 0 bridgehead atoms. The second-order valence-electron chi connectivity index (χ2n) is 3.70. The van der Waals surface area contributed by atoms with Crippen LogP contribution in [0.2, 0.25) is 0 Å². The molecule has 0 saturated carbocycles. The molecule has 0 unspecified atom stereocenters. The van der Waals surface area contributed by atoms with E-state index < -0.39 is 5.97 Å². The van der Waals surface area contributed by atoms with Crippen molar-refractivity contribution >= 4 is 28.7 Å². The van der Waals surface area contributed by atoms with Gasteiger partial charge < -0.3 is 10.0 Å². The van der Waals surface area contributed by atoms with Gasteiger partial charge in [0.05, 0.1) is 17.3 Å². The first kappa shape index (κ1) is 12.1. The number of thiophene rings is 1. The van der Waals surface area contributed by atoms with Gasteiger partial charge in [-0.3, -0.25) is 0 Å². The van der Waals surface area contributed by atoms with Gasteiger partial charge in [-0.05, 0) is 24.3 Å². The van der Waals surface area contributed by atoms with Crippen molar-refractivity contribution < 1.29 is 9.90 Å². The van der Waals surface area contributed by atoms with Crippen LogP contribution in [-0.4, -0.2) is 18.1 Å². The molecule has 18 heavy (non-hydrogen) atoms. The average Bonchev–Trinajstić information content (AvgIpc) is 2.87. The van der Waals surface area contributed by atoms with Crippen LogP contribution >= 0.6 is 11.3 Å². The highest BCUT2D eigenvalue weighted by Crippen LogP contribution is 2.28. The number of anilines is 2. The van der Waals surface area contributed by atoms with Gasteiger partial charge in [-0.1, -0.05) is 6.07 Å². The molecule has 1 heterocycles.